The third kappa shape index (κ3) is 3.27. The second kappa shape index (κ2) is 7.50. The van der Waals surface area contributed by atoms with Crippen LogP contribution < -0.4 is 0 Å². The summed E-state index contributed by atoms with van der Waals surface area (Å²) in [6, 6.07) is 0. The number of allylic oxidation sites excluding steroid dienone is 1. The fourth-order valence-electron chi connectivity index (χ4n) is 5.97. The van der Waals surface area contributed by atoms with Gasteiger partial charge in [0.25, 0.3) is 0 Å². The average Bonchev–Trinajstić information content (AvgIpc) is 3.30. The molecular weight excluding hydrogens is 432 g/mol. The number of aliphatic hydroxyl groups excluding tert-OH is 1. The van der Waals surface area contributed by atoms with Gasteiger partial charge in [-0.3, -0.25) is 14.4 Å². The summed E-state index contributed by atoms with van der Waals surface area (Å²) in [5.41, 5.74) is -3.27. The molecule has 0 saturated carbocycles. The van der Waals surface area contributed by atoms with E-state index in [4.69, 9.17) is 18.9 Å². The van der Waals surface area contributed by atoms with E-state index in [0.29, 0.717) is 5.57 Å². The SMILES string of the molecule is CC(=O)O[C@H]1C[C@@H](OC(C)=O)/C(C)=C/[C@@H]2OC(=O)[C@]3(C)O[C@]23[C@@H](O)[C@H]2[C@@H](C)C(=O)C=C[C@@]21C. The third-order valence-electron chi connectivity index (χ3n) is 7.88. The van der Waals surface area contributed by atoms with Gasteiger partial charge in [-0.25, -0.2) is 4.79 Å². The molecule has 0 amide bonds. The number of fused-ring (bicyclic) bond motifs is 1. The van der Waals surface area contributed by atoms with Crippen LogP contribution in [0.2, 0.25) is 0 Å². The first-order chi connectivity index (χ1) is 15.3. The zero-order chi connectivity index (χ0) is 24.5. The second-order valence-corrected chi connectivity index (χ2v) is 9.96. The van der Waals surface area contributed by atoms with E-state index >= 15 is 0 Å². The number of hydrogen-bond donors (Lipinski definition) is 1. The van der Waals surface area contributed by atoms with Crippen LogP contribution in [0.3, 0.4) is 0 Å². The Morgan fingerprint density at radius 3 is 2.36 bits per heavy atom. The molecule has 0 aromatic rings. The lowest BCUT2D eigenvalue weighted by molar-refractivity contribution is -0.170. The number of aliphatic hydroxyl groups is 1. The average molecular weight is 462 g/mol. The molecule has 9 heteroatoms. The summed E-state index contributed by atoms with van der Waals surface area (Å²) in [5.74, 6) is -3.31. The summed E-state index contributed by atoms with van der Waals surface area (Å²) in [6.45, 7) is 9.32. The van der Waals surface area contributed by atoms with E-state index in [1.807, 2.05) is 0 Å². The van der Waals surface area contributed by atoms with Crippen LogP contribution in [0.5, 0.6) is 0 Å². The monoisotopic (exact) mass is 462 g/mol. The predicted molar refractivity (Wildman–Crippen MR) is 112 cm³/mol. The highest BCUT2D eigenvalue weighted by atomic mass is 16.7. The smallest absolute Gasteiger partial charge is 0.342 e. The molecule has 0 aromatic carbocycles. The minimum absolute atomic E-state index is 0.0955. The van der Waals surface area contributed by atoms with Crippen molar-refractivity contribution >= 4 is 23.7 Å². The highest BCUT2D eigenvalue weighted by Gasteiger charge is 2.85. The van der Waals surface area contributed by atoms with Crippen molar-refractivity contribution in [1.82, 2.24) is 0 Å². The molecule has 180 valence electrons. The maximum atomic E-state index is 12.7. The van der Waals surface area contributed by atoms with Gasteiger partial charge in [-0.2, -0.15) is 0 Å². The van der Waals surface area contributed by atoms with Gasteiger partial charge in [0.2, 0.25) is 0 Å². The van der Waals surface area contributed by atoms with Gasteiger partial charge >= 0.3 is 17.9 Å². The molecule has 0 bridgehead atoms. The van der Waals surface area contributed by atoms with Gasteiger partial charge in [0.1, 0.15) is 12.2 Å². The summed E-state index contributed by atoms with van der Waals surface area (Å²) in [5, 5.41) is 11.8. The van der Waals surface area contributed by atoms with Crippen LogP contribution in [-0.4, -0.2) is 64.4 Å². The Morgan fingerprint density at radius 1 is 1.15 bits per heavy atom. The molecule has 2 aliphatic heterocycles. The van der Waals surface area contributed by atoms with Crippen LogP contribution >= 0.6 is 0 Å². The summed E-state index contributed by atoms with van der Waals surface area (Å²) in [7, 11) is 0. The molecule has 2 heterocycles. The number of rotatable bonds is 2. The number of carbonyl (C=O) groups is 4. The van der Waals surface area contributed by atoms with E-state index in [0.717, 1.165) is 0 Å². The Bertz CT molecular complexity index is 982. The molecule has 1 N–H and O–H groups in total. The lowest BCUT2D eigenvalue weighted by Gasteiger charge is -2.49. The maximum Gasteiger partial charge on any atom is 0.342 e. The fourth-order valence-corrected chi connectivity index (χ4v) is 5.97. The zero-order valence-electron chi connectivity index (χ0n) is 19.6. The number of epoxide rings is 1. The quantitative estimate of drug-likeness (QED) is 0.280. The van der Waals surface area contributed by atoms with Crippen molar-refractivity contribution < 1.29 is 43.2 Å². The van der Waals surface area contributed by atoms with Crippen molar-refractivity contribution in [3.63, 3.8) is 0 Å². The van der Waals surface area contributed by atoms with Crippen LogP contribution in [0, 0.1) is 17.3 Å². The number of hydrogen-bond acceptors (Lipinski definition) is 9. The van der Waals surface area contributed by atoms with Gasteiger partial charge in [0, 0.05) is 37.5 Å². The van der Waals surface area contributed by atoms with Crippen LogP contribution in [-0.2, 0) is 38.1 Å². The first kappa shape index (κ1) is 23.6. The van der Waals surface area contributed by atoms with Gasteiger partial charge < -0.3 is 24.1 Å². The molecule has 2 saturated heterocycles. The molecule has 2 fully saturated rings. The highest BCUT2D eigenvalue weighted by molar-refractivity contribution is 5.93. The highest BCUT2D eigenvalue weighted by Crippen LogP contribution is 2.63. The van der Waals surface area contributed by atoms with Gasteiger partial charge in [-0.15, -0.1) is 0 Å². The molecule has 4 aliphatic rings. The summed E-state index contributed by atoms with van der Waals surface area (Å²) in [4.78, 5) is 49.3. The Balaban J connectivity index is 1.93. The van der Waals surface area contributed by atoms with Gasteiger partial charge in [-0.05, 0) is 31.6 Å². The largest absolute Gasteiger partial charge is 0.461 e. The fraction of sp³-hybridized carbons (Fsp3) is 0.667. The number of esters is 3. The minimum atomic E-state index is -1.42. The molecule has 9 nitrogen and oxygen atoms in total. The van der Waals surface area contributed by atoms with E-state index in [9.17, 15) is 24.3 Å². The van der Waals surface area contributed by atoms with Crippen molar-refractivity contribution in [1.29, 1.82) is 0 Å². The number of ether oxygens (including phenoxy) is 4. The van der Waals surface area contributed by atoms with Crippen LogP contribution in [0.25, 0.3) is 0 Å². The van der Waals surface area contributed by atoms with Crippen LogP contribution in [0.15, 0.2) is 23.8 Å². The van der Waals surface area contributed by atoms with Crippen molar-refractivity contribution in [2.45, 2.75) is 83.6 Å². The van der Waals surface area contributed by atoms with E-state index < -0.39 is 70.8 Å². The van der Waals surface area contributed by atoms with E-state index in [2.05, 4.69) is 0 Å². The van der Waals surface area contributed by atoms with Gasteiger partial charge in [0.15, 0.2) is 23.1 Å². The minimum Gasteiger partial charge on any atom is -0.461 e. The molecule has 2 aliphatic carbocycles. The standard InChI is InChI=1S/C24H30O9/c1-11-9-18-24(23(6,33-24)21(29)32-18)20(28)19-12(2)15(27)7-8-22(19,5)17(31-14(4)26)10-16(11)30-13(3)25/h7-9,12,16-20,28H,10H2,1-6H3/b11-9+/t12-,16+,17-,18-,19+,20-,22+,23-,24-/m0/s1. The Kier molecular flexibility index (Phi) is 5.37. The maximum absolute atomic E-state index is 12.7. The summed E-state index contributed by atoms with van der Waals surface area (Å²) >= 11 is 0. The molecular formula is C24H30O9. The van der Waals surface area contributed by atoms with Crippen LogP contribution in [0.4, 0.5) is 0 Å². The van der Waals surface area contributed by atoms with Crippen LogP contribution in [0.1, 0.15) is 48.0 Å². The second-order valence-electron chi connectivity index (χ2n) is 9.96. The first-order valence-corrected chi connectivity index (χ1v) is 11.1. The Morgan fingerprint density at radius 2 is 1.79 bits per heavy atom. The zero-order valence-corrected chi connectivity index (χ0v) is 19.6. The summed E-state index contributed by atoms with van der Waals surface area (Å²) in [6.07, 6.45) is 0.922. The molecule has 33 heavy (non-hydrogen) atoms. The number of carbonyl (C=O) groups excluding carboxylic acids is 4. The molecule has 0 aromatic heterocycles. The summed E-state index contributed by atoms with van der Waals surface area (Å²) < 4.78 is 22.8. The lowest BCUT2D eigenvalue weighted by Crippen LogP contribution is -2.58. The molecule has 1 spiro atoms. The van der Waals surface area contributed by atoms with E-state index in [1.54, 1.807) is 39.8 Å². The lowest BCUT2D eigenvalue weighted by atomic mass is 9.57. The third-order valence-corrected chi connectivity index (χ3v) is 7.88. The van der Waals surface area contributed by atoms with Crippen molar-refractivity contribution in [3.8, 4) is 0 Å². The predicted octanol–water partition coefficient (Wildman–Crippen LogP) is 1.41. The molecule has 0 radical (unpaired) electrons. The first-order valence-electron chi connectivity index (χ1n) is 11.1. The van der Waals surface area contributed by atoms with Crippen molar-refractivity contribution in [2.75, 3.05) is 0 Å². The van der Waals surface area contributed by atoms with Gasteiger partial charge in [0.05, 0.1) is 6.10 Å². The van der Waals surface area contributed by atoms with Gasteiger partial charge in [-0.1, -0.05) is 19.9 Å². The van der Waals surface area contributed by atoms with Crippen molar-refractivity contribution in [2.24, 2.45) is 17.3 Å². The van der Waals surface area contributed by atoms with E-state index in [1.165, 1.54) is 19.9 Å². The Hall–Kier alpha value is -2.52. The number of ketones is 1. The molecule has 4 rings (SSSR count). The topological polar surface area (TPSA) is 129 Å². The van der Waals surface area contributed by atoms with Crippen molar-refractivity contribution in [3.05, 3.63) is 23.8 Å². The van der Waals surface area contributed by atoms with E-state index in [-0.39, 0.29) is 12.2 Å². The Labute approximate surface area is 192 Å². The molecule has 0 unspecified atom stereocenters. The molecule has 9 atom stereocenters. The normalized spacial score (nSPS) is 47.8.